The van der Waals surface area contributed by atoms with Gasteiger partial charge < -0.3 is 5.32 Å². The number of rotatable bonds is 7. The first kappa shape index (κ1) is 11.3. The van der Waals surface area contributed by atoms with E-state index in [1.165, 1.54) is 35.4 Å². The lowest BCUT2D eigenvalue weighted by atomic mass is 10.2. The number of nitrogens with one attached hydrogen (secondary N) is 1. The lowest BCUT2D eigenvalue weighted by molar-refractivity contribution is 0.658. The largest absolute Gasteiger partial charge is 0.391 e. The van der Waals surface area contributed by atoms with Crippen molar-refractivity contribution in [2.24, 2.45) is 0 Å². The van der Waals surface area contributed by atoms with Gasteiger partial charge in [-0.05, 0) is 44.5 Å². The Morgan fingerprint density at radius 2 is 2.21 bits per heavy atom. The average Bonchev–Trinajstić information content (AvgIpc) is 2.58. The molecule has 0 aliphatic carbocycles. The Bertz CT molecular complexity index is 265. The fourth-order valence-electron chi connectivity index (χ4n) is 1.42. The topological polar surface area (TPSA) is 12.0 Å². The molecule has 0 unspecified atom stereocenters. The van der Waals surface area contributed by atoms with Crippen LogP contribution < -0.4 is 5.32 Å². The highest BCUT2D eigenvalue weighted by atomic mass is 32.1. The van der Waals surface area contributed by atoms with Gasteiger partial charge in [0.25, 0.3) is 0 Å². The van der Waals surface area contributed by atoms with E-state index in [0.717, 1.165) is 6.54 Å². The normalized spacial score (nSPS) is 10.1. The van der Waals surface area contributed by atoms with Gasteiger partial charge in [0.15, 0.2) is 0 Å². The molecule has 14 heavy (non-hydrogen) atoms. The van der Waals surface area contributed by atoms with Crippen LogP contribution in [0.15, 0.2) is 24.9 Å². The lowest BCUT2D eigenvalue weighted by Crippen LogP contribution is -2.05. The van der Waals surface area contributed by atoms with E-state index in [1.807, 2.05) is 11.3 Å². The first-order valence-electron chi connectivity index (χ1n) is 5.22. The number of hydrogen-bond acceptors (Lipinski definition) is 2. The maximum atomic E-state index is 3.62. The third kappa shape index (κ3) is 4.47. The van der Waals surface area contributed by atoms with Crippen molar-refractivity contribution in [2.75, 3.05) is 6.54 Å². The highest BCUT2D eigenvalue weighted by Crippen LogP contribution is 2.17. The van der Waals surface area contributed by atoms with Gasteiger partial charge in [-0.3, -0.25) is 0 Å². The summed E-state index contributed by atoms with van der Waals surface area (Å²) in [6.07, 6.45) is 6.86. The molecule has 1 nitrogen and oxygen atoms in total. The molecule has 0 bridgehead atoms. The van der Waals surface area contributed by atoms with Gasteiger partial charge in [-0.2, -0.15) is 0 Å². The maximum absolute atomic E-state index is 3.62. The van der Waals surface area contributed by atoms with E-state index in [9.17, 15) is 0 Å². The maximum Gasteiger partial charge on any atom is 0.0141 e. The Morgan fingerprint density at radius 3 is 2.86 bits per heavy atom. The monoisotopic (exact) mass is 209 g/mol. The number of hydrogen-bond donors (Lipinski definition) is 1. The molecule has 0 aliphatic rings. The fourth-order valence-corrected chi connectivity index (χ4v) is 2.36. The molecule has 0 amide bonds. The van der Waals surface area contributed by atoms with E-state index in [4.69, 9.17) is 0 Å². The van der Waals surface area contributed by atoms with Crippen molar-refractivity contribution >= 4 is 11.3 Å². The lowest BCUT2D eigenvalue weighted by Gasteiger charge is -2.00. The van der Waals surface area contributed by atoms with Crippen molar-refractivity contribution < 1.29 is 0 Å². The highest BCUT2D eigenvalue weighted by Gasteiger charge is 1.96. The van der Waals surface area contributed by atoms with Crippen molar-refractivity contribution in [3.8, 4) is 0 Å². The minimum absolute atomic E-state index is 1.06. The molecule has 0 saturated carbocycles. The van der Waals surface area contributed by atoms with Gasteiger partial charge in [-0.1, -0.05) is 13.0 Å². The smallest absolute Gasteiger partial charge is 0.0141 e. The first-order valence-corrected chi connectivity index (χ1v) is 6.04. The van der Waals surface area contributed by atoms with Gasteiger partial charge in [0.1, 0.15) is 0 Å². The molecule has 0 aliphatic heterocycles. The molecule has 1 rings (SSSR count). The average molecular weight is 209 g/mol. The van der Waals surface area contributed by atoms with E-state index < -0.39 is 0 Å². The van der Waals surface area contributed by atoms with Gasteiger partial charge in [-0.15, -0.1) is 11.3 Å². The zero-order chi connectivity index (χ0) is 10.2. The molecule has 0 spiro atoms. The standard InChI is InChI=1S/C12H19NS/c1-3-13-10-6-4-5-7-12-9-8-11(2)14-12/h3,8-9,13H,1,4-7,10H2,2H3. The third-order valence-corrected chi connectivity index (χ3v) is 3.25. The van der Waals surface area contributed by atoms with E-state index in [1.54, 1.807) is 6.20 Å². The van der Waals surface area contributed by atoms with E-state index >= 15 is 0 Å². The third-order valence-electron chi connectivity index (χ3n) is 2.18. The summed E-state index contributed by atoms with van der Waals surface area (Å²) in [5.41, 5.74) is 0. The Labute approximate surface area is 90.9 Å². The van der Waals surface area contributed by atoms with Crippen LogP contribution in [0, 0.1) is 6.92 Å². The summed E-state index contributed by atoms with van der Waals surface area (Å²) in [5.74, 6) is 0. The van der Waals surface area contributed by atoms with Gasteiger partial charge >= 0.3 is 0 Å². The quantitative estimate of drug-likeness (QED) is 0.678. The van der Waals surface area contributed by atoms with Crippen LogP contribution in [0.4, 0.5) is 0 Å². The Balaban J connectivity index is 2.01. The predicted octanol–water partition coefficient (Wildman–Crippen LogP) is 3.50. The van der Waals surface area contributed by atoms with E-state index in [2.05, 4.69) is 31.0 Å². The van der Waals surface area contributed by atoms with Crippen LogP contribution in [-0.4, -0.2) is 6.54 Å². The minimum Gasteiger partial charge on any atom is -0.391 e. The Hall–Kier alpha value is -0.760. The summed E-state index contributed by atoms with van der Waals surface area (Å²) in [5, 5.41) is 3.12. The Morgan fingerprint density at radius 1 is 1.36 bits per heavy atom. The molecule has 0 aromatic carbocycles. The summed E-state index contributed by atoms with van der Waals surface area (Å²) in [4.78, 5) is 2.95. The fraction of sp³-hybridized carbons (Fsp3) is 0.500. The molecule has 1 aromatic heterocycles. The second-order valence-corrected chi connectivity index (χ2v) is 4.85. The Kier molecular flexibility index (Phi) is 5.38. The van der Waals surface area contributed by atoms with E-state index in [-0.39, 0.29) is 0 Å². The van der Waals surface area contributed by atoms with Crippen LogP contribution in [0.1, 0.15) is 29.0 Å². The molecular formula is C12H19NS. The van der Waals surface area contributed by atoms with Crippen molar-refractivity contribution in [1.82, 2.24) is 5.32 Å². The van der Waals surface area contributed by atoms with Crippen LogP contribution in [0.25, 0.3) is 0 Å². The molecule has 0 fully saturated rings. The summed E-state index contributed by atoms with van der Waals surface area (Å²) in [6.45, 7) is 6.85. The number of aryl methyl sites for hydroxylation is 2. The van der Waals surface area contributed by atoms with E-state index in [0.29, 0.717) is 0 Å². The van der Waals surface area contributed by atoms with Crippen LogP contribution in [0.3, 0.4) is 0 Å². The second-order valence-electron chi connectivity index (χ2n) is 3.48. The molecule has 0 saturated heterocycles. The van der Waals surface area contributed by atoms with Crippen molar-refractivity contribution in [3.63, 3.8) is 0 Å². The van der Waals surface area contributed by atoms with Crippen molar-refractivity contribution in [2.45, 2.75) is 32.6 Å². The molecule has 1 N–H and O–H groups in total. The second kappa shape index (κ2) is 6.66. The first-order chi connectivity index (χ1) is 6.83. The summed E-state index contributed by atoms with van der Waals surface area (Å²) in [6, 6.07) is 4.46. The summed E-state index contributed by atoms with van der Waals surface area (Å²) < 4.78 is 0. The van der Waals surface area contributed by atoms with Crippen LogP contribution >= 0.6 is 11.3 Å². The summed E-state index contributed by atoms with van der Waals surface area (Å²) >= 11 is 1.92. The number of unbranched alkanes of at least 4 members (excludes halogenated alkanes) is 2. The van der Waals surface area contributed by atoms with Gasteiger partial charge in [0, 0.05) is 16.3 Å². The van der Waals surface area contributed by atoms with Gasteiger partial charge in [0.2, 0.25) is 0 Å². The SMILES string of the molecule is C=CNCCCCCc1ccc(C)s1. The van der Waals surface area contributed by atoms with Gasteiger partial charge in [0.05, 0.1) is 0 Å². The highest BCUT2D eigenvalue weighted by molar-refractivity contribution is 7.11. The molecular weight excluding hydrogens is 190 g/mol. The molecule has 0 radical (unpaired) electrons. The van der Waals surface area contributed by atoms with Gasteiger partial charge in [-0.25, -0.2) is 0 Å². The molecule has 1 heterocycles. The number of thiophene rings is 1. The van der Waals surface area contributed by atoms with Crippen LogP contribution in [-0.2, 0) is 6.42 Å². The predicted molar refractivity (Wildman–Crippen MR) is 64.8 cm³/mol. The zero-order valence-electron chi connectivity index (χ0n) is 8.88. The molecule has 1 aromatic rings. The summed E-state index contributed by atoms with van der Waals surface area (Å²) in [7, 11) is 0. The van der Waals surface area contributed by atoms with Crippen LogP contribution in [0.2, 0.25) is 0 Å². The zero-order valence-corrected chi connectivity index (χ0v) is 9.70. The van der Waals surface area contributed by atoms with Crippen molar-refractivity contribution in [1.29, 1.82) is 0 Å². The minimum atomic E-state index is 1.06. The molecule has 2 heteroatoms. The van der Waals surface area contributed by atoms with Crippen LogP contribution in [0.5, 0.6) is 0 Å². The molecule has 0 atom stereocenters. The van der Waals surface area contributed by atoms with Crippen molar-refractivity contribution in [3.05, 3.63) is 34.7 Å². The molecule has 78 valence electrons.